The van der Waals surface area contributed by atoms with Crippen molar-refractivity contribution in [3.05, 3.63) is 0 Å². The van der Waals surface area contributed by atoms with Crippen LogP contribution in [0.5, 0.6) is 0 Å². The van der Waals surface area contributed by atoms with Gasteiger partial charge < -0.3 is 10.2 Å². The zero-order valence-corrected chi connectivity index (χ0v) is 9.22. The second-order valence-corrected chi connectivity index (χ2v) is 3.75. The van der Waals surface area contributed by atoms with Gasteiger partial charge in [-0.1, -0.05) is 6.92 Å². The van der Waals surface area contributed by atoms with E-state index in [0.717, 1.165) is 13.1 Å². The summed E-state index contributed by atoms with van der Waals surface area (Å²) in [5.74, 6) is 0. The molecule has 2 heteroatoms. The summed E-state index contributed by atoms with van der Waals surface area (Å²) in [7, 11) is 2.20. The van der Waals surface area contributed by atoms with E-state index in [1.165, 1.54) is 6.42 Å². The Morgan fingerprint density at radius 3 is 2.25 bits per heavy atom. The molecule has 0 aliphatic carbocycles. The van der Waals surface area contributed by atoms with Crippen LogP contribution in [0.2, 0.25) is 0 Å². The van der Waals surface area contributed by atoms with Crippen molar-refractivity contribution in [2.24, 2.45) is 0 Å². The molecule has 1 unspecified atom stereocenters. The number of rotatable bonds is 6. The average molecular weight is 172 g/mol. The van der Waals surface area contributed by atoms with Crippen LogP contribution in [0, 0.1) is 0 Å². The van der Waals surface area contributed by atoms with Crippen molar-refractivity contribution in [2.75, 3.05) is 20.1 Å². The van der Waals surface area contributed by atoms with Crippen LogP contribution in [-0.2, 0) is 0 Å². The predicted octanol–water partition coefficient (Wildman–Crippen LogP) is 1.71. The minimum atomic E-state index is 0.654. The van der Waals surface area contributed by atoms with E-state index >= 15 is 0 Å². The van der Waals surface area contributed by atoms with Gasteiger partial charge in [0.1, 0.15) is 0 Å². The Morgan fingerprint density at radius 1 is 1.25 bits per heavy atom. The molecule has 0 saturated heterocycles. The van der Waals surface area contributed by atoms with E-state index in [2.05, 4.69) is 45.0 Å². The topological polar surface area (TPSA) is 15.3 Å². The lowest BCUT2D eigenvalue weighted by molar-refractivity contribution is 0.198. The smallest absolute Gasteiger partial charge is 0.00786 e. The molecule has 1 atom stereocenters. The van der Waals surface area contributed by atoms with E-state index in [0.29, 0.717) is 12.1 Å². The lowest BCUT2D eigenvalue weighted by Crippen LogP contribution is -2.36. The summed E-state index contributed by atoms with van der Waals surface area (Å²) in [6.45, 7) is 11.1. The summed E-state index contributed by atoms with van der Waals surface area (Å²) in [6, 6.07) is 1.34. The van der Waals surface area contributed by atoms with Gasteiger partial charge in [-0.15, -0.1) is 0 Å². The molecule has 12 heavy (non-hydrogen) atoms. The monoisotopic (exact) mass is 172 g/mol. The van der Waals surface area contributed by atoms with E-state index in [4.69, 9.17) is 0 Å². The fourth-order valence-corrected chi connectivity index (χ4v) is 1.20. The fraction of sp³-hybridized carbons (Fsp3) is 1.00. The molecule has 0 aromatic carbocycles. The Labute approximate surface area is 77.3 Å². The van der Waals surface area contributed by atoms with Gasteiger partial charge in [0.2, 0.25) is 0 Å². The summed E-state index contributed by atoms with van der Waals surface area (Å²) in [5, 5.41) is 3.35. The highest BCUT2D eigenvalue weighted by atomic mass is 15.1. The van der Waals surface area contributed by atoms with Crippen molar-refractivity contribution < 1.29 is 0 Å². The highest BCUT2D eigenvalue weighted by Gasteiger charge is 2.10. The second-order valence-electron chi connectivity index (χ2n) is 3.75. The van der Waals surface area contributed by atoms with Crippen molar-refractivity contribution >= 4 is 0 Å². The molecule has 0 aliphatic rings. The number of hydrogen-bond donors (Lipinski definition) is 1. The molecule has 0 rings (SSSR count). The summed E-state index contributed by atoms with van der Waals surface area (Å²) in [4.78, 5) is 2.41. The van der Waals surface area contributed by atoms with Crippen LogP contribution in [-0.4, -0.2) is 37.1 Å². The van der Waals surface area contributed by atoms with Crippen LogP contribution >= 0.6 is 0 Å². The first kappa shape index (κ1) is 11.9. The van der Waals surface area contributed by atoms with Crippen LogP contribution in [0.3, 0.4) is 0 Å². The SMILES string of the molecule is CCNCCC(C)N(C)C(C)C. The van der Waals surface area contributed by atoms with E-state index in [1.807, 2.05) is 0 Å². The summed E-state index contributed by atoms with van der Waals surface area (Å²) in [6.07, 6.45) is 1.24. The van der Waals surface area contributed by atoms with E-state index in [1.54, 1.807) is 0 Å². The van der Waals surface area contributed by atoms with E-state index < -0.39 is 0 Å². The maximum absolute atomic E-state index is 3.35. The Morgan fingerprint density at radius 2 is 1.83 bits per heavy atom. The number of nitrogens with one attached hydrogen (secondary N) is 1. The quantitative estimate of drug-likeness (QED) is 0.614. The van der Waals surface area contributed by atoms with Crippen LogP contribution < -0.4 is 5.32 Å². The third-order valence-corrected chi connectivity index (χ3v) is 2.50. The van der Waals surface area contributed by atoms with Crippen molar-refractivity contribution in [3.63, 3.8) is 0 Å². The molecule has 2 nitrogen and oxygen atoms in total. The van der Waals surface area contributed by atoms with E-state index in [-0.39, 0.29) is 0 Å². The van der Waals surface area contributed by atoms with Crippen LogP contribution in [0.4, 0.5) is 0 Å². The van der Waals surface area contributed by atoms with Gasteiger partial charge in [0.05, 0.1) is 0 Å². The minimum Gasteiger partial charge on any atom is -0.317 e. The third-order valence-electron chi connectivity index (χ3n) is 2.50. The van der Waals surface area contributed by atoms with Gasteiger partial charge in [0.15, 0.2) is 0 Å². The first-order valence-corrected chi connectivity index (χ1v) is 5.02. The van der Waals surface area contributed by atoms with E-state index in [9.17, 15) is 0 Å². The highest BCUT2D eigenvalue weighted by molar-refractivity contribution is 4.67. The number of nitrogens with zero attached hydrogens (tertiary/aromatic N) is 1. The molecular weight excluding hydrogens is 148 g/mol. The molecule has 74 valence electrons. The molecule has 0 bridgehead atoms. The van der Waals surface area contributed by atoms with Gasteiger partial charge >= 0.3 is 0 Å². The lowest BCUT2D eigenvalue weighted by Gasteiger charge is -2.28. The molecule has 1 N–H and O–H groups in total. The minimum absolute atomic E-state index is 0.654. The molecule has 0 radical (unpaired) electrons. The van der Waals surface area contributed by atoms with Crippen molar-refractivity contribution in [1.82, 2.24) is 10.2 Å². The van der Waals surface area contributed by atoms with Gasteiger partial charge in [-0.05, 0) is 47.3 Å². The molecule has 0 heterocycles. The fourth-order valence-electron chi connectivity index (χ4n) is 1.20. The highest BCUT2D eigenvalue weighted by Crippen LogP contribution is 2.04. The Bertz CT molecular complexity index is 102. The molecule has 0 spiro atoms. The lowest BCUT2D eigenvalue weighted by atomic mass is 10.2. The van der Waals surface area contributed by atoms with Gasteiger partial charge in [-0.3, -0.25) is 0 Å². The predicted molar refractivity (Wildman–Crippen MR) is 55.5 cm³/mol. The normalized spacial score (nSPS) is 14.2. The maximum atomic E-state index is 3.35. The largest absolute Gasteiger partial charge is 0.317 e. The second kappa shape index (κ2) is 6.44. The molecular formula is C10H24N2. The van der Waals surface area contributed by atoms with Crippen molar-refractivity contribution in [1.29, 1.82) is 0 Å². The zero-order chi connectivity index (χ0) is 9.56. The molecule has 0 fully saturated rings. The van der Waals surface area contributed by atoms with Gasteiger partial charge in [0, 0.05) is 12.1 Å². The van der Waals surface area contributed by atoms with Crippen molar-refractivity contribution in [2.45, 2.75) is 46.2 Å². The Hall–Kier alpha value is -0.0800. The average Bonchev–Trinajstić information content (AvgIpc) is 2.03. The third kappa shape index (κ3) is 4.73. The molecule has 0 saturated carbocycles. The first-order valence-electron chi connectivity index (χ1n) is 5.02. The standard InChI is InChI=1S/C10H24N2/c1-6-11-8-7-10(4)12(5)9(2)3/h9-11H,6-8H2,1-5H3. The Kier molecular flexibility index (Phi) is 6.39. The molecule has 0 aromatic rings. The number of hydrogen-bond acceptors (Lipinski definition) is 2. The van der Waals surface area contributed by atoms with Gasteiger partial charge in [-0.25, -0.2) is 0 Å². The summed E-state index contributed by atoms with van der Waals surface area (Å²) >= 11 is 0. The van der Waals surface area contributed by atoms with Crippen LogP contribution in [0.25, 0.3) is 0 Å². The van der Waals surface area contributed by atoms with Gasteiger partial charge in [-0.2, -0.15) is 0 Å². The van der Waals surface area contributed by atoms with Crippen LogP contribution in [0.15, 0.2) is 0 Å². The first-order chi connectivity index (χ1) is 5.59. The summed E-state index contributed by atoms with van der Waals surface area (Å²) in [5.41, 5.74) is 0. The zero-order valence-electron chi connectivity index (χ0n) is 9.22. The Balaban J connectivity index is 3.49. The van der Waals surface area contributed by atoms with Crippen molar-refractivity contribution in [3.8, 4) is 0 Å². The maximum Gasteiger partial charge on any atom is 0.00786 e. The molecule has 0 aromatic heterocycles. The van der Waals surface area contributed by atoms with Gasteiger partial charge in [0.25, 0.3) is 0 Å². The molecule has 0 amide bonds. The summed E-state index contributed by atoms with van der Waals surface area (Å²) < 4.78 is 0. The molecule has 0 aliphatic heterocycles. The van der Waals surface area contributed by atoms with Crippen LogP contribution in [0.1, 0.15) is 34.1 Å².